The van der Waals surface area contributed by atoms with E-state index in [0.717, 1.165) is 17.7 Å². The van der Waals surface area contributed by atoms with Gasteiger partial charge in [0.15, 0.2) is 0 Å². The lowest BCUT2D eigenvalue weighted by Crippen LogP contribution is -2.32. The fourth-order valence-electron chi connectivity index (χ4n) is 1.45. The van der Waals surface area contributed by atoms with Crippen LogP contribution in [-0.4, -0.2) is 20.2 Å². The van der Waals surface area contributed by atoms with Crippen LogP contribution in [0.15, 0.2) is 18.2 Å². The molecule has 88 valence electrons. The molecule has 0 spiro atoms. The third-order valence-corrected chi connectivity index (χ3v) is 2.42. The van der Waals surface area contributed by atoms with E-state index in [1.165, 1.54) is 5.56 Å². The minimum absolute atomic E-state index is 0.191. The van der Waals surface area contributed by atoms with Crippen molar-refractivity contribution in [3.63, 3.8) is 0 Å². The molecule has 0 fully saturated rings. The number of urea groups is 1. The van der Waals surface area contributed by atoms with Gasteiger partial charge in [-0.1, -0.05) is 19.1 Å². The van der Waals surface area contributed by atoms with E-state index in [-0.39, 0.29) is 6.03 Å². The van der Waals surface area contributed by atoms with Gasteiger partial charge in [0.25, 0.3) is 0 Å². The van der Waals surface area contributed by atoms with Gasteiger partial charge in [0.2, 0.25) is 0 Å². The van der Waals surface area contributed by atoms with Gasteiger partial charge in [-0.2, -0.15) is 0 Å². The number of rotatable bonds is 4. The fraction of sp³-hybridized carbons (Fsp3) is 0.417. The number of methoxy groups -OCH3 is 1. The predicted octanol–water partition coefficient (Wildman–Crippen LogP) is 1.69. The SMILES string of the molecule is CCc1ccc(OC)c(CNC(=O)NC)c1. The smallest absolute Gasteiger partial charge is 0.314 e. The molecular weight excluding hydrogens is 204 g/mol. The molecule has 0 radical (unpaired) electrons. The number of amides is 2. The topological polar surface area (TPSA) is 50.4 Å². The molecule has 2 N–H and O–H groups in total. The molecular formula is C12H18N2O2. The van der Waals surface area contributed by atoms with Gasteiger partial charge in [-0.3, -0.25) is 0 Å². The van der Waals surface area contributed by atoms with Gasteiger partial charge < -0.3 is 15.4 Å². The van der Waals surface area contributed by atoms with Crippen LogP contribution in [0.1, 0.15) is 18.1 Å². The number of hydrogen-bond donors (Lipinski definition) is 2. The van der Waals surface area contributed by atoms with Gasteiger partial charge in [-0.25, -0.2) is 4.79 Å². The van der Waals surface area contributed by atoms with E-state index >= 15 is 0 Å². The molecule has 1 rings (SSSR count). The Kier molecular flexibility index (Phi) is 4.64. The van der Waals surface area contributed by atoms with Crippen molar-refractivity contribution in [2.45, 2.75) is 19.9 Å². The molecule has 0 bridgehead atoms. The summed E-state index contributed by atoms with van der Waals surface area (Å²) in [5.41, 5.74) is 2.22. The van der Waals surface area contributed by atoms with Crippen LogP contribution in [0.4, 0.5) is 4.79 Å². The lowest BCUT2D eigenvalue weighted by Gasteiger charge is -2.11. The molecule has 0 aliphatic rings. The molecule has 2 amide bonds. The van der Waals surface area contributed by atoms with Crippen LogP contribution in [0, 0.1) is 0 Å². The van der Waals surface area contributed by atoms with Gasteiger partial charge in [0.05, 0.1) is 7.11 Å². The van der Waals surface area contributed by atoms with E-state index < -0.39 is 0 Å². The monoisotopic (exact) mass is 222 g/mol. The van der Waals surface area contributed by atoms with Crippen molar-refractivity contribution in [3.8, 4) is 5.75 Å². The summed E-state index contributed by atoms with van der Waals surface area (Å²) in [7, 11) is 3.22. The van der Waals surface area contributed by atoms with E-state index in [4.69, 9.17) is 4.74 Å². The number of aryl methyl sites for hydroxylation is 1. The van der Waals surface area contributed by atoms with Crippen LogP contribution in [0.25, 0.3) is 0 Å². The summed E-state index contributed by atoms with van der Waals surface area (Å²) in [5.74, 6) is 0.800. The summed E-state index contributed by atoms with van der Waals surface area (Å²) in [5, 5.41) is 5.26. The molecule has 0 unspecified atom stereocenters. The zero-order valence-electron chi connectivity index (χ0n) is 9.96. The molecule has 0 aliphatic heterocycles. The highest BCUT2D eigenvalue weighted by atomic mass is 16.5. The first kappa shape index (κ1) is 12.4. The highest BCUT2D eigenvalue weighted by molar-refractivity contribution is 5.73. The van der Waals surface area contributed by atoms with Gasteiger partial charge in [-0.05, 0) is 18.1 Å². The summed E-state index contributed by atoms with van der Waals surface area (Å²) < 4.78 is 5.24. The van der Waals surface area contributed by atoms with Crippen LogP contribution in [0.5, 0.6) is 5.75 Å². The minimum atomic E-state index is -0.191. The molecule has 0 saturated carbocycles. The second-order valence-electron chi connectivity index (χ2n) is 3.43. The van der Waals surface area contributed by atoms with Crippen molar-refractivity contribution in [1.29, 1.82) is 0 Å². The average Bonchev–Trinajstić information content (AvgIpc) is 2.35. The van der Waals surface area contributed by atoms with Crippen molar-refractivity contribution >= 4 is 6.03 Å². The van der Waals surface area contributed by atoms with E-state index in [0.29, 0.717) is 6.54 Å². The predicted molar refractivity (Wildman–Crippen MR) is 63.7 cm³/mol. The third-order valence-electron chi connectivity index (χ3n) is 2.42. The molecule has 0 saturated heterocycles. The maximum absolute atomic E-state index is 11.1. The molecule has 0 heterocycles. The molecule has 1 aromatic rings. The Morgan fingerprint density at radius 2 is 2.19 bits per heavy atom. The lowest BCUT2D eigenvalue weighted by molar-refractivity contribution is 0.242. The van der Waals surface area contributed by atoms with Crippen LogP contribution in [0.3, 0.4) is 0 Å². The van der Waals surface area contributed by atoms with Crippen LogP contribution < -0.4 is 15.4 Å². The van der Waals surface area contributed by atoms with Gasteiger partial charge in [-0.15, -0.1) is 0 Å². The van der Waals surface area contributed by atoms with Crippen LogP contribution in [0.2, 0.25) is 0 Å². The summed E-state index contributed by atoms with van der Waals surface area (Å²) in [4.78, 5) is 11.1. The standard InChI is InChI=1S/C12H18N2O2/c1-4-9-5-6-11(16-3)10(7-9)8-14-12(15)13-2/h5-7H,4,8H2,1-3H3,(H2,13,14,15). The number of hydrogen-bond acceptors (Lipinski definition) is 2. The Bertz CT molecular complexity index is 364. The van der Waals surface area contributed by atoms with Gasteiger partial charge in [0.1, 0.15) is 5.75 Å². The van der Waals surface area contributed by atoms with E-state index in [1.807, 2.05) is 12.1 Å². The van der Waals surface area contributed by atoms with E-state index in [9.17, 15) is 4.79 Å². The molecule has 1 aromatic carbocycles. The van der Waals surface area contributed by atoms with Crippen molar-refractivity contribution in [3.05, 3.63) is 29.3 Å². The summed E-state index contributed by atoms with van der Waals surface area (Å²) in [6.07, 6.45) is 0.969. The maximum Gasteiger partial charge on any atom is 0.314 e. The molecule has 4 heteroatoms. The Labute approximate surface area is 96.0 Å². The zero-order chi connectivity index (χ0) is 12.0. The third kappa shape index (κ3) is 3.15. The van der Waals surface area contributed by atoms with Gasteiger partial charge in [0, 0.05) is 19.2 Å². The number of benzene rings is 1. The fourth-order valence-corrected chi connectivity index (χ4v) is 1.45. The van der Waals surface area contributed by atoms with Crippen molar-refractivity contribution in [2.24, 2.45) is 0 Å². The summed E-state index contributed by atoms with van der Waals surface area (Å²) in [6.45, 7) is 2.56. The summed E-state index contributed by atoms with van der Waals surface area (Å²) >= 11 is 0. The average molecular weight is 222 g/mol. The molecule has 0 aromatic heterocycles. The largest absolute Gasteiger partial charge is 0.496 e. The first-order chi connectivity index (χ1) is 7.71. The summed E-state index contributed by atoms with van der Waals surface area (Å²) in [6, 6.07) is 5.82. The zero-order valence-corrected chi connectivity index (χ0v) is 9.96. The Morgan fingerprint density at radius 1 is 1.44 bits per heavy atom. The Morgan fingerprint density at radius 3 is 2.75 bits per heavy atom. The quantitative estimate of drug-likeness (QED) is 0.814. The van der Waals surface area contributed by atoms with Crippen molar-refractivity contribution in [2.75, 3.05) is 14.2 Å². The van der Waals surface area contributed by atoms with Crippen molar-refractivity contribution < 1.29 is 9.53 Å². The van der Waals surface area contributed by atoms with Gasteiger partial charge >= 0.3 is 6.03 Å². The lowest BCUT2D eigenvalue weighted by atomic mass is 10.1. The molecule has 16 heavy (non-hydrogen) atoms. The minimum Gasteiger partial charge on any atom is -0.496 e. The van der Waals surface area contributed by atoms with Crippen LogP contribution >= 0.6 is 0 Å². The first-order valence-corrected chi connectivity index (χ1v) is 5.32. The normalized spacial score (nSPS) is 9.69. The first-order valence-electron chi connectivity index (χ1n) is 5.32. The number of ether oxygens (including phenoxy) is 1. The number of carbonyl (C=O) groups excluding carboxylic acids is 1. The van der Waals surface area contributed by atoms with E-state index in [2.05, 4.69) is 23.6 Å². The highest BCUT2D eigenvalue weighted by Crippen LogP contribution is 2.19. The molecule has 0 aliphatic carbocycles. The van der Waals surface area contributed by atoms with Crippen molar-refractivity contribution in [1.82, 2.24) is 10.6 Å². The Hall–Kier alpha value is -1.71. The number of nitrogens with one attached hydrogen (secondary N) is 2. The maximum atomic E-state index is 11.1. The molecule has 4 nitrogen and oxygen atoms in total. The van der Waals surface area contributed by atoms with Crippen LogP contribution in [-0.2, 0) is 13.0 Å². The van der Waals surface area contributed by atoms with E-state index in [1.54, 1.807) is 14.2 Å². The Balaban J connectivity index is 2.78. The number of carbonyl (C=O) groups is 1. The second-order valence-corrected chi connectivity index (χ2v) is 3.43. The second kappa shape index (κ2) is 6.00. The molecule has 0 atom stereocenters. The highest BCUT2D eigenvalue weighted by Gasteiger charge is 2.05.